The number of aliphatic imine (C=N–C) groups is 1. The first-order valence-electron chi connectivity index (χ1n) is 12.3. The normalized spacial score (nSPS) is 17.0. The number of carbonyl (C=O) groups is 1. The number of nitrogens with one attached hydrogen (secondary N) is 2. The van der Waals surface area contributed by atoms with Crippen LogP contribution in [0, 0.1) is 0 Å². The summed E-state index contributed by atoms with van der Waals surface area (Å²) in [6, 6.07) is 19.6. The molecule has 2 aliphatic heterocycles. The first-order valence-corrected chi connectivity index (χ1v) is 12.3. The van der Waals surface area contributed by atoms with Crippen molar-refractivity contribution in [2.75, 3.05) is 33.2 Å². The van der Waals surface area contributed by atoms with Crippen LogP contribution in [0.15, 0.2) is 59.6 Å². The van der Waals surface area contributed by atoms with Crippen LogP contribution < -0.4 is 10.6 Å². The Morgan fingerprint density at radius 1 is 1.00 bits per heavy atom. The number of likely N-dealkylation sites (tertiary alicyclic amines) is 1. The third-order valence-corrected chi connectivity index (χ3v) is 6.74. The fourth-order valence-corrected chi connectivity index (χ4v) is 4.78. The second kappa shape index (κ2) is 13.7. The summed E-state index contributed by atoms with van der Waals surface area (Å²) in [6.07, 6.45) is 4.57. The summed E-state index contributed by atoms with van der Waals surface area (Å²) in [5, 5.41) is 6.97. The number of fused-ring (bicyclic) bond motifs is 1. The highest BCUT2D eigenvalue weighted by atomic mass is 127. The van der Waals surface area contributed by atoms with Crippen molar-refractivity contribution in [1.29, 1.82) is 0 Å². The van der Waals surface area contributed by atoms with Crippen molar-refractivity contribution in [3.05, 3.63) is 71.3 Å². The van der Waals surface area contributed by atoms with Crippen molar-refractivity contribution in [3.63, 3.8) is 0 Å². The maximum atomic E-state index is 12.6. The molecule has 0 aliphatic carbocycles. The maximum Gasteiger partial charge on any atom is 0.222 e. The average molecular weight is 576 g/mol. The first kappa shape index (κ1) is 26.5. The molecule has 0 unspecified atom stereocenters. The predicted octanol–water partition coefficient (Wildman–Crippen LogP) is 3.80. The van der Waals surface area contributed by atoms with E-state index < -0.39 is 0 Å². The number of guanidine groups is 1. The molecule has 0 bridgehead atoms. The number of nitrogens with zero attached hydrogens (tertiary/aromatic N) is 3. The molecular formula is C27H38IN5O. The Bertz CT molecular complexity index is 928. The minimum Gasteiger partial charge on any atom is -0.356 e. The van der Waals surface area contributed by atoms with Gasteiger partial charge in [0.2, 0.25) is 5.91 Å². The van der Waals surface area contributed by atoms with Crippen molar-refractivity contribution in [2.45, 2.75) is 51.2 Å². The zero-order chi connectivity index (χ0) is 22.9. The van der Waals surface area contributed by atoms with Gasteiger partial charge >= 0.3 is 0 Å². The molecule has 0 spiro atoms. The van der Waals surface area contributed by atoms with E-state index in [1.165, 1.54) is 16.7 Å². The summed E-state index contributed by atoms with van der Waals surface area (Å²) in [6.45, 7) is 5.54. The number of amides is 1. The lowest BCUT2D eigenvalue weighted by atomic mass is 9.99. The highest BCUT2D eigenvalue weighted by Gasteiger charge is 2.21. The van der Waals surface area contributed by atoms with Gasteiger partial charge in [0, 0.05) is 58.8 Å². The monoisotopic (exact) mass is 575 g/mol. The smallest absolute Gasteiger partial charge is 0.222 e. The highest BCUT2D eigenvalue weighted by Crippen LogP contribution is 2.19. The fraction of sp³-hybridized carbons (Fsp3) is 0.481. The molecule has 2 aliphatic rings. The van der Waals surface area contributed by atoms with Gasteiger partial charge in [-0.15, -0.1) is 24.0 Å². The fourth-order valence-electron chi connectivity index (χ4n) is 4.78. The molecule has 2 heterocycles. The number of halogens is 1. The second-order valence-electron chi connectivity index (χ2n) is 9.12. The number of hydrogen-bond donors (Lipinski definition) is 2. The van der Waals surface area contributed by atoms with E-state index in [9.17, 15) is 4.79 Å². The summed E-state index contributed by atoms with van der Waals surface area (Å²) >= 11 is 0. The summed E-state index contributed by atoms with van der Waals surface area (Å²) in [5.74, 6) is 1.09. The lowest BCUT2D eigenvalue weighted by molar-refractivity contribution is -0.132. The predicted molar refractivity (Wildman–Crippen MR) is 149 cm³/mol. The summed E-state index contributed by atoms with van der Waals surface area (Å²) < 4.78 is 0. The van der Waals surface area contributed by atoms with E-state index in [4.69, 9.17) is 0 Å². The van der Waals surface area contributed by atoms with Crippen LogP contribution in [-0.2, 0) is 24.3 Å². The van der Waals surface area contributed by atoms with Gasteiger partial charge in [0.15, 0.2) is 5.96 Å². The summed E-state index contributed by atoms with van der Waals surface area (Å²) in [5.41, 5.74) is 4.04. The van der Waals surface area contributed by atoms with Crippen LogP contribution in [0.1, 0.15) is 42.4 Å². The Balaban J connectivity index is 0.00000324. The molecule has 0 radical (unpaired) electrons. The van der Waals surface area contributed by atoms with Gasteiger partial charge < -0.3 is 15.5 Å². The van der Waals surface area contributed by atoms with Crippen molar-refractivity contribution >= 4 is 35.8 Å². The van der Waals surface area contributed by atoms with E-state index in [0.717, 1.165) is 70.9 Å². The molecule has 1 saturated heterocycles. The van der Waals surface area contributed by atoms with Crippen LogP contribution in [0.4, 0.5) is 0 Å². The third kappa shape index (κ3) is 7.70. The Labute approximate surface area is 221 Å². The molecule has 0 atom stereocenters. The van der Waals surface area contributed by atoms with Crippen molar-refractivity contribution in [3.8, 4) is 0 Å². The number of carbonyl (C=O) groups excluding carboxylic acids is 1. The molecular weight excluding hydrogens is 537 g/mol. The van der Waals surface area contributed by atoms with Crippen LogP contribution in [0.3, 0.4) is 0 Å². The van der Waals surface area contributed by atoms with Gasteiger partial charge in [0.1, 0.15) is 0 Å². The van der Waals surface area contributed by atoms with Gasteiger partial charge in [-0.25, -0.2) is 0 Å². The lowest BCUT2D eigenvalue weighted by Crippen LogP contribution is -2.48. The van der Waals surface area contributed by atoms with Crippen LogP contribution in [0.25, 0.3) is 0 Å². The zero-order valence-electron chi connectivity index (χ0n) is 20.2. The highest BCUT2D eigenvalue weighted by molar-refractivity contribution is 14.0. The van der Waals surface area contributed by atoms with Crippen LogP contribution in [0.2, 0.25) is 0 Å². The first-order chi connectivity index (χ1) is 16.2. The van der Waals surface area contributed by atoms with Gasteiger partial charge in [0.25, 0.3) is 0 Å². The molecule has 184 valence electrons. The molecule has 6 nitrogen and oxygen atoms in total. The van der Waals surface area contributed by atoms with Crippen LogP contribution in [-0.4, -0.2) is 60.9 Å². The minimum absolute atomic E-state index is 0. The largest absolute Gasteiger partial charge is 0.356 e. The molecule has 7 heteroatoms. The molecule has 0 saturated carbocycles. The number of piperidine rings is 1. The lowest BCUT2D eigenvalue weighted by Gasteiger charge is -2.33. The second-order valence-corrected chi connectivity index (χ2v) is 9.12. The Kier molecular flexibility index (Phi) is 10.7. The van der Waals surface area contributed by atoms with Gasteiger partial charge in [-0.2, -0.15) is 0 Å². The zero-order valence-corrected chi connectivity index (χ0v) is 22.5. The minimum atomic E-state index is 0. The quantitative estimate of drug-likeness (QED) is 0.228. The van der Waals surface area contributed by atoms with E-state index >= 15 is 0 Å². The SMILES string of the molecule is CN=C(NCCCC(=O)N1CCc2ccccc2C1)NC1CCN(Cc2ccccc2)CC1.I. The van der Waals surface area contributed by atoms with E-state index in [2.05, 4.69) is 75.1 Å². The Morgan fingerprint density at radius 3 is 2.44 bits per heavy atom. The van der Waals surface area contributed by atoms with Crippen LogP contribution in [0.5, 0.6) is 0 Å². The van der Waals surface area contributed by atoms with E-state index in [0.29, 0.717) is 12.5 Å². The number of hydrogen-bond acceptors (Lipinski definition) is 3. The summed E-state index contributed by atoms with van der Waals surface area (Å²) in [7, 11) is 1.82. The van der Waals surface area contributed by atoms with Crippen molar-refractivity contribution < 1.29 is 4.79 Å². The third-order valence-electron chi connectivity index (χ3n) is 6.74. The maximum absolute atomic E-state index is 12.6. The topological polar surface area (TPSA) is 60.0 Å². The summed E-state index contributed by atoms with van der Waals surface area (Å²) in [4.78, 5) is 21.6. The van der Waals surface area contributed by atoms with E-state index in [1.54, 1.807) is 0 Å². The number of benzene rings is 2. The van der Waals surface area contributed by atoms with E-state index in [1.807, 2.05) is 11.9 Å². The van der Waals surface area contributed by atoms with Crippen molar-refractivity contribution in [1.82, 2.24) is 20.4 Å². The van der Waals surface area contributed by atoms with Gasteiger partial charge in [-0.3, -0.25) is 14.7 Å². The van der Waals surface area contributed by atoms with Gasteiger partial charge in [-0.05, 0) is 42.4 Å². The Morgan fingerprint density at radius 2 is 1.71 bits per heavy atom. The van der Waals surface area contributed by atoms with Gasteiger partial charge in [-0.1, -0.05) is 54.6 Å². The standard InChI is InChI=1S/C27H37N5O.HI/c1-28-27(30-25-14-17-31(18-15-25)20-22-8-3-2-4-9-22)29-16-7-12-26(33)32-19-13-23-10-5-6-11-24(23)21-32;/h2-6,8-11,25H,7,12-21H2,1H3,(H2,28,29,30);1H. The molecule has 2 N–H and O–H groups in total. The molecule has 1 amide bonds. The molecule has 4 rings (SSSR count). The van der Waals surface area contributed by atoms with E-state index in [-0.39, 0.29) is 29.9 Å². The Hall–Kier alpha value is -2.13. The van der Waals surface area contributed by atoms with Crippen LogP contribution >= 0.6 is 24.0 Å². The number of rotatable bonds is 7. The molecule has 2 aromatic rings. The molecule has 1 fully saturated rings. The molecule has 2 aromatic carbocycles. The average Bonchev–Trinajstić information content (AvgIpc) is 2.87. The molecule has 34 heavy (non-hydrogen) atoms. The van der Waals surface area contributed by atoms with Gasteiger partial charge in [0.05, 0.1) is 0 Å². The molecule has 0 aromatic heterocycles. The van der Waals surface area contributed by atoms with Crippen molar-refractivity contribution in [2.24, 2.45) is 4.99 Å².